The van der Waals surface area contributed by atoms with Crippen LogP contribution in [0.3, 0.4) is 0 Å². The number of aromatic nitrogens is 1. The van der Waals surface area contributed by atoms with Gasteiger partial charge in [-0.3, -0.25) is 19.5 Å². The van der Waals surface area contributed by atoms with Gasteiger partial charge in [0, 0.05) is 38.4 Å². The van der Waals surface area contributed by atoms with E-state index in [1.165, 1.54) is 63.4 Å². The molecule has 0 aromatic carbocycles. The molecule has 1 unspecified atom stereocenters. The van der Waals surface area contributed by atoms with Crippen LogP contribution in [0, 0.1) is 0 Å². The molecule has 34 heavy (non-hydrogen) atoms. The topological polar surface area (TPSA) is 74.3 Å². The second-order valence-electron chi connectivity index (χ2n) is 9.41. The smallest absolute Gasteiger partial charge is 0.237 e. The minimum atomic E-state index is -0.0664. The maximum atomic E-state index is 12.6. The summed E-state index contributed by atoms with van der Waals surface area (Å²) in [5.74, 6) is 0.188. The highest BCUT2D eigenvalue weighted by atomic mass is 35.5. The number of rotatable bonds is 18. The minimum absolute atomic E-state index is 0. The van der Waals surface area contributed by atoms with E-state index in [0.717, 1.165) is 38.9 Å². The molecule has 1 aliphatic heterocycles. The molecule has 1 aromatic heterocycles. The van der Waals surface area contributed by atoms with Crippen LogP contribution >= 0.6 is 12.4 Å². The van der Waals surface area contributed by atoms with Crippen LogP contribution in [0.2, 0.25) is 0 Å². The first-order chi connectivity index (χ1) is 16.2. The third kappa shape index (κ3) is 13.3. The fraction of sp³-hybridized carbons (Fsp3) is 0.741. The zero-order valence-corrected chi connectivity index (χ0v) is 22.1. The summed E-state index contributed by atoms with van der Waals surface area (Å²) in [7, 11) is 0. The van der Waals surface area contributed by atoms with Crippen molar-refractivity contribution in [2.24, 2.45) is 0 Å². The number of hydrogen-bond acceptors (Lipinski definition) is 4. The minimum Gasteiger partial charge on any atom is -0.356 e. The molecule has 0 radical (unpaired) electrons. The van der Waals surface area contributed by atoms with Gasteiger partial charge in [0.05, 0.1) is 6.04 Å². The fourth-order valence-corrected chi connectivity index (χ4v) is 4.54. The van der Waals surface area contributed by atoms with E-state index in [-0.39, 0.29) is 30.3 Å². The Morgan fingerprint density at radius 3 is 2.21 bits per heavy atom. The summed E-state index contributed by atoms with van der Waals surface area (Å²) >= 11 is 0. The average Bonchev–Trinajstić information content (AvgIpc) is 3.29. The van der Waals surface area contributed by atoms with Crippen molar-refractivity contribution in [2.75, 3.05) is 19.6 Å². The first-order valence-corrected chi connectivity index (χ1v) is 13.4. The van der Waals surface area contributed by atoms with E-state index < -0.39 is 0 Å². The van der Waals surface area contributed by atoms with Gasteiger partial charge < -0.3 is 10.6 Å². The van der Waals surface area contributed by atoms with Crippen LogP contribution in [0.5, 0.6) is 0 Å². The zero-order chi connectivity index (χ0) is 23.6. The number of carbonyl (C=O) groups is 2. The van der Waals surface area contributed by atoms with Crippen LogP contribution in [-0.4, -0.2) is 47.4 Å². The molecule has 1 aliphatic rings. The van der Waals surface area contributed by atoms with Crippen LogP contribution in [0.1, 0.15) is 102 Å². The molecule has 2 heterocycles. The Morgan fingerprint density at radius 2 is 1.53 bits per heavy atom. The van der Waals surface area contributed by atoms with Gasteiger partial charge in [-0.15, -0.1) is 12.4 Å². The van der Waals surface area contributed by atoms with Crippen LogP contribution in [-0.2, 0) is 16.1 Å². The number of nitrogens with zero attached hydrogens (tertiary/aromatic N) is 2. The van der Waals surface area contributed by atoms with Crippen molar-refractivity contribution in [1.29, 1.82) is 0 Å². The van der Waals surface area contributed by atoms with Crippen molar-refractivity contribution >= 4 is 24.2 Å². The van der Waals surface area contributed by atoms with Crippen LogP contribution in [0.25, 0.3) is 0 Å². The molecule has 1 atom stereocenters. The normalized spacial score (nSPS) is 15.6. The maximum absolute atomic E-state index is 12.6. The third-order valence-electron chi connectivity index (χ3n) is 6.53. The van der Waals surface area contributed by atoms with E-state index in [1.807, 2.05) is 12.1 Å². The molecule has 2 rings (SSSR count). The first kappa shape index (κ1) is 30.4. The van der Waals surface area contributed by atoms with Gasteiger partial charge >= 0.3 is 0 Å². The Hall–Kier alpha value is -1.66. The van der Waals surface area contributed by atoms with Crippen molar-refractivity contribution in [3.63, 3.8) is 0 Å². The quantitative estimate of drug-likeness (QED) is 0.268. The summed E-state index contributed by atoms with van der Waals surface area (Å²) in [6.45, 7) is 5.31. The second-order valence-corrected chi connectivity index (χ2v) is 9.41. The van der Waals surface area contributed by atoms with Gasteiger partial charge in [0.1, 0.15) is 0 Å². The Balaban J connectivity index is 0.00000578. The second kappa shape index (κ2) is 19.6. The van der Waals surface area contributed by atoms with Gasteiger partial charge in [0.2, 0.25) is 11.8 Å². The monoisotopic (exact) mass is 494 g/mol. The van der Waals surface area contributed by atoms with Gasteiger partial charge in [0.25, 0.3) is 0 Å². The predicted molar refractivity (Wildman–Crippen MR) is 142 cm³/mol. The summed E-state index contributed by atoms with van der Waals surface area (Å²) in [5.41, 5.74) is 1.18. The first-order valence-electron chi connectivity index (χ1n) is 13.4. The van der Waals surface area contributed by atoms with E-state index in [1.54, 1.807) is 12.4 Å². The van der Waals surface area contributed by atoms with Crippen molar-refractivity contribution < 1.29 is 9.59 Å². The molecule has 2 N–H and O–H groups in total. The molecule has 0 spiro atoms. The standard InChI is InChI=1S/C27H46N4O2.ClH/c1-2-3-4-5-6-7-8-9-10-11-18-29-26(32)15-12-19-30-27(33)25-14-13-22-31(25)23-24-16-20-28-21-17-24;/h16-17,20-21,25H,2-15,18-19,22-23H2,1H3,(H,29,32)(H,30,33);1H. The number of halogens is 1. The Labute approximate surface area is 213 Å². The number of pyridine rings is 1. The molecule has 0 aliphatic carbocycles. The lowest BCUT2D eigenvalue weighted by Gasteiger charge is -2.23. The Kier molecular flexibility index (Phi) is 17.5. The van der Waals surface area contributed by atoms with E-state index in [0.29, 0.717) is 19.4 Å². The number of amides is 2. The summed E-state index contributed by atoms with van der Waals surface area (Å²) in [5, 5.41) is 6.06. The lowest BCUT2D eigenvalue weighted by atomic mass is 10.1. The third-order valence-corrected chi connectivity index (χ3v) is 6.53. The SMILES string of the molecule is CCCCCCCCCCCCNC(=O)CCCNC(=O)C1CCCN1Cc1ccncc1.Cl. The highest BCUT2D eigenvalue weighted by Crippen LogP contribution is 2.20. The maximum Gasteiger partial charge on any atom is 0.237 e. The summed E-state index contributed by atoms with van der Waals surface area (Å²) in [6.07, 6.45) is 19.7. The molecular formula is C27H47ClN4O2. The van der Waals surface area contributed by atoms with Crippen molar-refractivity contribution in [3.05, 3.63) is 30.1 Å². The van der Waals surface area contributed by atoms with Crippen molar-refractivity contribution in [3.8, 4) is 0 Å². The molecule has 2 amide bonds. The molecule has 1 saturated heterocycles. The number of unbranched alkanes of at least 4 members (excludes halogenated alkanes) is 9. The molecule has 1 fully saturated rings. The zero-order valence-electron chi connectivity index (χ0n) is 21.2. The number of likely N-dealkylation sites (tertiary alicyclic amines) is 1. The highest BCUT2D eigenvalue weighted by molar-refractivity contribution is 5.85. The van der Waals surface area contributed by atoms with Gasteiger partial charge in [0.15, 0.2) is 0 Å². The van der Waals surface area contributed by atoms with Gasteiger partial charge in [-0.05, 0) is 49.9 Å². The Morgan fingerprint density at radius 1 is 0.912 bits per heavy atom. The van der Waals surface area contributed by atoms with E-state index in [9.17, 15) is 9.59 Å². The van der Waals surface area contributed by atoms with Gasteiger partial charge in [-0.25, -0.2) is 0 Å². The van der Waals surface area contributed by atoms with E-state index in [2.05, 4.69) is 27.4 Å². The van der Waals surface area contributed by atoms with E-state index in [4.69, 9.17) is 0 Å². The number of nitrogens with one attached hydrogen (secondary N) is 2. The summed E-state index contributed by atoms with van der Waals surface area (Å²) in [4.78, 5) is 30.9. The van der Waals surface area contributed by atoms with Gasteiger partial charge in [-0.2, -0.15) is 0 Å². The van der Waals surface area contributed by atoms with Crippen molar-refractivity contribution in [2.45, 2.75) is 109 Å². The summed E-state index contributed by atoms with van der Waals surface area (Å²) < 4.78 is 0. The van der Waals surface area contributed by atoms with E-state index >= 15 is 0 Å². The molecule has 0 saturated carbocycles. The highest BCUT2D eigenvalue weighted by Gasteiger charge is 2.30. The van der Waals surface area contributed by atoms with Crippen LogP contribution in [0.15, 0.2) is 24.5 Å². The molecule has 0 bridgehead atoms. The van der Waals surface area contributed by atoms with Gasteiger partial charge in [-0.1, -0.05) is 64.7 Å². The molecule has 6 nitrogen and oxygen atoms in total. The lowest BCUT2D eigenvalue weighted by Crippen LogP contribution is -2.43. The summed E-state index contributed by atoms with van der Waals surface area (Å²) in [6, 6.07) is 3.94. The molecular weight excluding hydrogens is 448 g/mol. The largest absolute Gasteiger partial charge is 0.356 e. The number of hydrogen-bond donors (Lipinski definition) is 2. The van der Waals surface area contributed by atoms with Crippen LogP contribution in [0.4, 0.5) is 0 Å². The Bertz CT molecular complexity index is 659. The predicted octanol–water partition coefficient (Wildman–Crippen LogP) is 5.40. The average molecular weight is 495 g/mol. The lowest BCUT2D eigenvalue weighted by molar-refractivity contribution is -0.126. The van der Waals surface area contributed by atoms with Crippen molar-refractivity contribution in [1.82, 2.24) is 20.5 Å². The fourth-order valence-electron chi connectivity index (χ4n) is 4.54. The molecule has 194 valence electrons. The number of carbonyl (C=O) groups excluding carboxylic acids is 2. The van der Waals surface area contributed by atoms with Crippen LogP contribution < -0.4 is 10.6 Å². The molecule has 1 aromatic rings. The molecule has 7 heteroatoms.